The summed E-state index contributed by atoms with van der Waals surface area (Å²) in [6.07, 6.45) is 0. The van der Waals surface area contributed by atoms with E-state index in [2.05, 4.69) is 5.32 Å². The molecule has 2 aromatic rings. The second-order valence-corrected chi connectivity index (χ2v) is 4.41. The van der Waals surface area contributed by atoms with E-state index in [0.717, 1.165) is 18.2 Å². The Balaban J connectivity index is 2.51. The van der Waals surface area contributed by atoms with Crippen molar-refractivity contribution in [2.75, 3.05) is 11.9 Å². The van der Waals surface area contributed by atoms with Crippen LogP contribution < -0.4 is 5.32 Å². The zero-order valence-electron chi connectivity index (χ0n) is 10.1. The van der Waals surface area contributed by atoms with Crippen molar-refractivity contribution in [1.82, 2.24) is 0 Å². The van der Waals surface area contributed by atoms with E-state index in [-0.39, 0.29) is 16.3 Å². The summed E-state index contributed by atoms with van der Waals surface area (Å²) >= 11 is 5.95. The molecule has 0 spiro atoms. The molecule has 19 heavy (non-hydrogen) atoms. The summed E-state index contributed by atoms with van der Waals surface area (Å²) in [5.41, 5.74) is 0.744. The van der Waals surface area contributed by atoms with Crippen LogP contribution >= 0.6 is 11.6 Å². The van der Waals surface area contributed by atoms with Gasteiger partial charge in [-0.15, -0.1) is 0 Å². The van der Waals surface area contributed by atoms with E-state index in [1.54, 1.807) is 0 Å². The van der Waals surface area contributed by atoms with E-state index in [9.17, 15) is 13.2 Å². The monoisotopic (exact) mass is 285 g/mol. The van der Waals surface area contributed by atoms with E-state index < -0.39 is 17.5 Å². The number of hydrogen-bond donors (Lipinski definition) is 1. The molecule has 0 fully saturated rings. The molecule has 0 bridgehead atoms. The normalized spacial score (nSPS) is 10.6. The Kier molecular flexibility index (Phi) is 4.00. The van der Waals surface area contributed by atoms with Crippen LogP contribution in [0.5, 0.6) is 0 Å². The van der Waals surface area contributed by atoms with Gasteiger partial charge in [-0.1, -0.05) is 11.6 Å². The topological polar surface area (TPSA) is 12.0 Å². The Hall–Kier alpha value is -1.68. The van der Waals surface area contributed by atoms with Gasteiger partial charge in [-0.2, -0.15) is 0 Å². The summed E-state index contributed by atoms with van der Waals surface area (Å²) in [5, 5.41) is 2.96. The Morgan fingerprint density at radius 2 is 1.53 bits per heavy atom. The molecule has 5 heteroatoms. The maximum absolute atomic E-state index is 13.9. The Morgan fingerprint density at radius 1 is 0.947 bits per heavy atom. The zero-order chi connectivity index (χ0) is 14.0. The summed E-state index contributed by atoms with van der Waals surface area (Å²) < 4.78 is 40.1. The van der Waals surface area contributed by atoms with Gasteiger partial charge in [0.1, 0.15) is 17.5 Å². The molecule has 0 aliphatic heterocycles. The number of hydrogen-bond acceptors (Lipinski definition) is 1. The molecule has 0 saturated heterocycles. The van der Waals surface area contributed by atoms with Crippen LogP contribution in [0.2, 0.25) is 5.02 Å². The van der Waals surface area contributed by atoms with Crippen molar-refractivity contribution in [2.24, 2.45) is 0 Å². The van der Waals surface area contributed by atoms with Gasteiger partial charge in [0.15, 0.2) is 0 Å². The number of anilines is 1. The van der Waals surface area contributed by atoms with Crippen LogP contribution in [0.15, 0.2) is 30.3 Å². The summed E-state index contributed by atoms with van der Waals surface area (Å²) in [7, 11) is 0. The summed E-state index contributed by atoms with van der Waals surface area (Å²) in [6, 6.07) is 5.67. The van der Waals surface area contributed by atoms with E-state index in [4.69, 9.17) is 11.6 Å². The van der Waals surface area contributed by atoms with Gasteiger partial charge in [0.05, 0.1) is 10.7 Å². The quantitative estimate of drug-likeness (QED) is 0.849. The third-order valence-electron chi connectivity index (χ3n) is 2.59. The Bertz CT molecular complexity index is 570. The van der Waals surface area contributed by atoms with Gasteiger partial charge in [0.2, 0.25) is 0 Å². The Labute approximate surface area is 114 Å². The molecule has 0 aliphatic carbocycles. The van der Waals surface area contributed by atoms with Gasteiger partial charge in [0.25, 0.3) is 0 Å². The number of nitrogens with one attached hydrogen (secondary N) is 1. The highest BCUT2D eigenvalue weighted by atomic mass is 35.5. The fourth-order valence-corrected chi connectivity index (χ4v) is 2.08. The van der Waals surface area contributed by atoms with Gasteiger partial charge < -0.3 is 5.32 Å². The highest BCUT2D eigenvalue weighted by Crippen LogP contribution is 2.32. The maximum Gasteiger partial charge on any atom is 0.148 e. The average Bonchev–Trinajstić information content (AvgIpc) is 2.32. The molecule has 2 rings (SSSR count). The zero-order valence-corrected chi connectivity index (χ0v) is 10.9. The minimum absolute atomic E-state index is 0.168. The molecule has 0 radical (unpaired) electrons. The molecule has 2 aromatic carbocycles. The minimum atomic E-state index is -0.720. The first-order valence-corrected chi connectivity index (χ1v) is 6.08. The van der Waals surface area contributed by atoms with Crippen molar-refractivity contribution in [3.8, 4) is 11.1 Å². The van der Waals surface area contributed by atoms with Gasteiger partial charge >= 0.3 is 0 Å². The molecule has 0 aromatic heterocycles. The van der Waals surface area contributed by atoms with Crippen LogP contribution in [-0.2, 0) is 0 Å². The average molecular weight is 286 g/mol. The molecule has 0 saturated carbocycles. The summed E-state index contributed by atoms with van der Waals surface area (Å²) in [6.45, 7) is 2.33. The molecule has 1 N–H and O–H groups in total. The van der Waals surface area contributed by atoms with E-state index in [0.29, 0.717) is 12.1 Å². The van der Waals surface area contributed by atoms with Crippen molar-refractivity contribution in [1.29, 1.82) is 0 Å². The standard InChI is InChI=1S/C14H11ClF3N/c1-2-19-14-12(15)5-9(6-13(14)18)8-3-10(16)7-11(17)4-8/h3-7,19H,2H2,1H3. The lowest BCUT2D eigenvalue weighted by Gasteiger charge is -2.10. The second-order valence-electron chi connectivity index (χ2n) is 4.00. The predicted molar refractivity (Wildman–Crippen MR) is 70.9 cm³/mol. The SMILES string of the molecule is CCNc1c(F)cc(-c2cc(F)cc(F)c2)cc1Cl. The van der Waals surface area contributed by atoms with Crippen molar-refractivity contribution >= 4 is 17.3 Å². The first kappa shape index (κ1) is 13.7. The molecule has 1 nitrogen and oxygen atoms in total. The molecule has 0 unspecified atom stereocenters. The smallest absolute Gasteiger partial charge is 0.148 e. The van der Waals surface area contributed by atoms with E-state index >= 15 is 0 Å². The highest BCUT2D eigenvalue weighted by Gasteiger charge is 2.11. The van der Waals surface area contributed by atoms with Gasteiger partial charge in [-0.3, -0.25) is 0 Å². The Morgan fingerprint density at radius 3 is 2.05 bits per heavy atom. The third kappa shape index (κ3) is 3.01. The van der Waals surface area contributed by atoms with Crippen molar-refractivity contribution in [2.45, 2.75) is 6.92 Å². The predicted octanol–water partition coefficient (Wildman–Crippen LogP) is 4.86. The molecular formula is C14H11ClF3N. The second kappa shape index (κ2) is 5.53. The lowest BCUT2D eigenvalue weighted by Crippen LogP contribution is -2.00. The first-order chi connectivity index (χ1) is 9.01. The molecule has 100 valence electrons. The van der Waals surface area contributed by atoms with Crippen LogP contribution in [0, 0.1) is 17.5 Å². The lowest BCUT2D eigenvalue weighted by atomic mass is 10.0. The maximum atomic E-state index is 13.9. The van der Waals surface area contributed by atoms with Crippen molar-refractivity contribution < 1.29 is 13.2 Å². The lowest BCUT2D eigenvalue weighted by molar-refractivity contribution is 0.584. The molecular weight excluding hydrogens is 275 g/mol. The van der Waals surface area contributed by atoms with Crippen LogP contribution in [0.25, 0.3) is 11.1 Å². The first-order valence-electron chi connectivity index (χ1n) is 5.70. The van der Waals surface area contributed by atoms with Gasteiger partial charge in [-0.25, -0.2) is 13.2 Å². The van der Waals surface area contributed by atoms with Crippen molar-refractivity contribution in [3.63, 3.8) is 0 Å². The molecule has 0 atom stereocenters. The summed E-state index contributed by atoms with van der Waals surface area (Å²) in [5.74, 6) is -2.00. The fourth-order valence-electron chi connectivity index (χ4n) is 1.81. The van der Waals surface area contributed by atoms with Crippen LogP contribution in [0.4, 0.5) is 18.9 Å². The number of halogens is 4. The van der Waals surface area contributed by atoms with E-state index in [1.807, 2.05) is 6.92 Å². The van der Waals surface area contributed by atoms with Gasteiger partial charge in [0, 0.05) is 12.6 Å². The van der Waals surface area contributed by atoms with E-state index in [1.165, 1.54) is 12.1 Å². The largest absolute Gasteiger partial charge is 0.382 e. The number of rotatable bonds is 3. The van der Waals surface area contributed by atoms with Crippen LogP contribution in [0.3, 0.4) is 0 Å². The van der Waals surface area contributed by atoms with Gasteiger partial charge in [-0.05, 0) is 42.3 Å². The van der Waals surface area contributed by atoms with Crippen LogP contribution in [0.1, 0.15) is 6.92 Å². The third-order valence-corrected chi connectivity index (χ3v) is 2.89. The van der Waals surface area contributed by atoms with Crippen LogP contribution in [-0.4, -0.2) is 6.54 Å². The molecule has 0 amide bonds. The molecule has 0 heterocycles. The minimum Gasteiger partial charge on any atom is -0.382 e. The highest BCUT2D eigenvalue weighted by molar-refractivity contribution is 6.33. The fraction of sp³-hybridized carbons (Fsp3) is 0.143. The summed E-state index contributed by atoms with van der Waals surface area (Å²) in [4.78, 5) is 0. The van der Waals surface area contributed by atoms with Crippen molar-refractivity contribution in [3.05, 3.63) is 52.8 Å². The number of benzene rings is 2. The molecule has 0 aliphatic rings.